The van der Waals surface area contributed by atoms with Crippen LogP contribution in [0.25, 0.3) is 10.2 Å². The number of nitrogens with one attached hydrogen (secondary N) is 3. The molecule has 0 aliphatic heterocycles. The van der Waals surface area contributed by atoms with Crippen molar-refractivity contribution >= 4 is 62.6 Å². The van der Waals surface area contributed by atoms with Gasteiger partial charge in [-0.15, -0.1) is 11.3 Å². The smallest absolute Gasteiger partial charge is 0.314 e. The van der Waals surface area contributed by atoms with Crippen LogP contribution >= 0.6 is 22.9 Å². The lowest BCUT2D eigenvalue weighted by Crippen LogP contribution is -2.50. The number of hydrogen-bond acceptors (Lipinski definition) is 7. The van der Waals surface area contributed by atoms with E-state index in [0.717, 1.165) is 10.2 Å². The summed E-state index contributed by atoms with van der Waals surface area (Å²) in [6.45, 7) is 0.169. The Morgan fingerprint density at radius 2 is 1.92 bits per heavy atom. The van der Waals surface area contributed by atoms with Crippen molar-refractivity contribution in [2.45, 2.75) is 25.3 Å². The fourth-order valence-corrected chi connectivity index (χ4v) is 5.43. The number of nitrogens with zero attached hydrogens (tertiary/aromatic N) is 3. The third-order valence-corrected chi connectivity index (χ3v) is 7.62. The van der Waals surface area contributed by atoms with Gasteiger partial charge in [-0.25, -0.2) is 4.98 Å². The fourth-order valence-electron chi connectivity index (χ4n) is 4.39. The summed E-state index contributed by atoms with van der Waals surface area (Å²) in [5, 5.41) is 8.55. The lowest BCUT2D eigenvalue weighted by atomic mass is 9.77. The van der Waals surface area contributed by atoms with Crippen molar-refractivity contribution in [1.29, 1.82) is 0 Å². The molecule has 0 saturated heterocycles. The van der Waals surface area contributed by atoms with Crippen molar-refractivity contribution in [2.24, 2.45) is 11.8 Å². The van der Waals surface area contributed by atoms with Gasteiger partial charge in [0.15, 0.2) is 0 Å². The van der Waals surface area contributed by atoms with Crippen LogP contribution in [0.15, 0.2) is 42.7 Å². The van der Waals surface area contributed by atoms with Crippen LogP contribution in [0, 0.1) is 11.8 Å². The van der Waals surface area contributed by atoms with Crippen LogP contribution in [0.2, 0.25) is 5.02 Å². The van der Waals surface area contributed by atoms with Gasteiger partial charge in [0.05, 0.1) is 20.1 Å². The Morgan fingerprint density at radius 1 is 1.11 bits per heavy atom. The second kappa shape index (κ2) is 11.7. The number of fused-ring (bicyclic) bond motifs is 1. The van der Waals surface area contributed by atoms with Crippen molar-refractivity contribution < 1.29 is 19.2 Å². The Bertz CT molecular complexity index is 1280. The van der Waals surface area contributed by atoms with E-state index in [4.69, 9.17) is 11.6 Å². The van der Waals surface area contributed by atoms with Gasteiger partial charge in [-0.2, -0.15) is 0 Å². The number of rotatable bonds is 6. The number of aromatic nitrogens is 2. The number of carbonyl (C=O) groups excluding carboxylic acids is 4. The Balaban J connectivity index is 1.42. The summed E-state index contributed by atoms with van der Waals surface area (Å²) in [5.74, 6) is -2.12. The van der Waals surface area contributed by atoms with E-state index in [-0.39, 0.29) is 42.1 Å². The van der Waals surface area contributed by atoms with Crippen LogP contribution in [0.1, 0.15) is 28.9 Å². The first-order chi connectivity index (χ1) is 17.7. The maximum atomic E-state index is 13.1. The van der Waals surface area contributed by atoms with Crippen molar-refractivity contribution in [3.05, 3.63) is 52.6 Å². The highest BCUT2D eigenvalue weighted by Gasteiger charge is 2.36. The van der Waals surface area contributed by atoms with E-state index >= 15 is 0 Å². The fraction of sp³-hybridized carbons (Fsp3) is 0.360. The zero-order valence-corrected chi connectivity index (χ0v) is 21.9. The van der Waals surface area contributed by atoms with Crippen LogP contribution in [0.3, 0.4) is 0 Å². The number of halogens is 1. The molecule has 37 heavy (non-hydrogen) atoms. The molecular weight excluding hydrogens is 516 g/mol. The number of hydrogen-bond donors (Lipinski definition) is 3. The molecule has 0 spiro atoms. The second-order valence-electron chi connectivity index (χ2n) is 9.11. The van der Waals surface area contributed by atoms with Crippen LogP contribution in [0.4, 0.5) is 5.82 Å². The zero-order valence-electron chi connectivity index (χ0n) is 20.4. The normalized spacial score (nSPS) is 19.2. The minimum atomic E-state index is -0.857. The summed E-state index contributed by atoms with van der Waals surface area (Å²) in [4.78, 5) is 60.8. The Morgan fingerprint density at radius 3 is 2.62 bits per heavy atom. The highest BCUT2D eigenvalue weighted by molar-refractivity contribution is 7.20. The van der Waals surface area contributed by atoms with Crippen LogP contribution in [0.5, 0.6) is 0 Å². The lowest BCUT2D eigenvalue weighted by molar-refractivity contribution is -0.136. The molecule has 3 heterocycles. The maximum Gasteiger partial charge on any atom is 0.314 e. The van der Waals surface area contributed by atoms with E-state index in [1.54, 1.807) is 37.3 Å². The van der Waals surface area contributed by atoms with Gasteiger partial charge in [-0.05, 0) is 55.5 Å². The van der Waals surface area contributed by atoms with Crippen molar-refractivity contribution in [3.63, 3.8) is 0 Å². The molecule has 4 amide bonds. The van der Waals surface area contributed by atoms with Gasteiger partial charge in [0.25, 0.3) is 5.91 Å². The summed E-state index contributed by atoms with van der Waals surface area (Å²) in [7, 11) is 3.42. The summed E-state index contributed by atoms with van der Waals surface area (Å²) < 4.78 is 0.905. The highest BCUT2D eigenvalue weighted by Crippen LogP contribution is 2.31. The van der Waals surface area contributed by atoms with Gasteiger partial charge in [-0.3, -0.25) is 24.2 Å². The van der Waals surface area contributed by atoms with Gasteiger partial charge in [0, 0.05) is 45.0 Å². The largest absolute Gasteiger partial charge is 0.349 e. The minimum absolute atomic E-state index is 0.00244. The van der Waals surface area contributed by atoms with E-state index in [1.165, 1.54) is 23.6 Å². The molecule has 0 bridgehead atoms. The predicted molar refractivity (Wildman–Crippen MR) is 141 cm³/mol. The number of thiophene rings is 1. The quantitative estimate of drug-likeness (QED) is 0.410. The van der Waals surface area contributed by atoms with Gasteiger partial charge >= 0.3 is 11.8 Å². The van der Waals surface area contributed by atoms with Crippen LogP contribution < -0.4 is 16.0 Å². The molecule has 1 aliphatic rings. The SMILES string of the molecule is CN(C)C(=O)[C@H]1CC[C@H](CNC(=O)C(=O)Nc2ccc(Cl)cn2)[C@H](NC(=O)c2cc3ncccc3s2)C1. The molecule has 3 N–H and O–H groups in total. The predicted octanol–water partition coefficient (Wildman–Crippen LogP) is 2.70. The van der Waals surface area contributed by atoms with E-state index in [9.17, 15) is 19.2 Å². The zero-order chi connectivity index (χ0) is 26.5. The summed E-state index contributed by atoms with van der Waals surface area (Å²) in [5.41, 5.74) is 0.743. The van der Waals surface area contributed by atoms with E-state index in [2.05, 4.69) is 25.9 Å². The molecule has 3 aromatic rings. The minimum Gasteiger partial charge on any atom is -0.349 e. The first kappa shape index (κ1) is 26.5. The van der Waals surface area contributed by atoms with Crippen molar-refractivity contribution in [3.8, 4) is 0 Å². The molecule has 10 nitrogen and oxygen atoms in total. The molecule has 4 rings (SSSR count). The number of amides is 4. The van der Waals surface area contributed by atoms with E-state index in [1.807, 2.05) is 12.1 Å². The monoisotopic (exact) mass is 542 g/mol. The molecule has 0 unspecified atom stereocenters. The molecular formula is C25H27ClN6O4S. The van der Waals surface area contributed by atoms with Gasteiger partial charge in [0.1, 0.15) is 5.82 Å². The third kappa shape index (κ3) is 6.60. The second-order valence-corrected chi connectivity index (χ2v) is 10.6. The lowest BCUT2D eigenvalue weighted by Gasteiger charge is -2.36. The van der Waals surface area contributed by atoms with Crippen molar-refractivity contribution in [2.75, 3.05) is 26.0 Å². The molecule has 3 atom stereocenters. The molecule has 194 valence electrons. The standard InChI is InChI=1S/C25H27ClN6O4S/c1-32(2)25(36)14-5-6-15(12-29-23(34)24(35)31-21-8-7-16(26)13-28-21)17(10-14)30-22(33)20-11-18-19(37-20)4-3-9-27-18/h3-4,7-9,11,13-15,17H,5-6,10,12H2,1-2H3,(H,29,34)(H,30,33)(H,28,31,35)/t14-,15+,17+/m0/s1. The van der Waals surface area contributed by atoms with Crippen molar-refractivity contribution in [1.82, 2.24) is 25.5 Å². The molecule has 0 aromatic carbocycles. The molecule has 1 saturated carbocycles. The average Bonchev–Trinajstić information content (AvgIpc) is 3.33. The number of pyridine rings is 2. The first-order valence-electron chi connectivity index (χ1n) is 11.8. The number of anilines is 1. The van der Waals surface area contributed by atoms with Crippen LogP contribution in [-0.4, -0.2) is 65.2 Å². The van der Waals surface area contributed by atoms with E-state index < -0.39 is 11.8 Å². The first-order valence-corrected chi connectivity index (χ1v) is 13.0. The summed E-state index contributed by atoms with van der Waals surface area (Å²) in [6.07, 6.45) is 4.70. The molecule has 1 aliphatic carbocycles. The summed E-state index contributed by atoms with van der Waals surface area (Å²) >= 11 is 7.14. The Labute approximate surface area is 222 Å². The molecule has 3 aromatic heterocycles. The number of carbonyl (C=O) groups is 4. The van der Waals surface area contributed by atoms with Gasteiger partial charge < -0.3 is 20.9 Å². The molecule has 1 fully saturated rings. The van der Waals surface area contributed by atoms with Crippen LogP contribution in [-0.2, 0) is 14.4 Å². The van der Waals surface area contributed by atoms with Gasteiger partial charge in [-0.1, -0.05) is 11.6 Å². The summed E-state index contributed by atoms with van der Waals surface area (Å²) in [6, 6.07) is 8.14. The van der Waals surface area contributed by atoms with E-state index in [0.29, 0.717) is 29.2 Å². The average molecular weight is 543 g/mol. The molecule has 12 heteroatoms. The van der Waals surface area contributed by atoms with Gasteiger partial charge in [0.2, 0.25) is 5.91 Å². The highest BCUT2D eigenvalue weighted by atomic mass is 35.5. The third-order valence-electron chi connectivity index (χ3n) is 6.31. The topological polar surface area (TPSA) is 133 Å². The Hall–Kier alpha value is -3.57. The maximum absolute atomic E-state index is 13.1. The molecule has 0 radical (unpaired) electrons. The Kier molecular flexibility index (Phi) is 8.34.